The van der Waals surface area contributed by atoms with Crippen LogP contribution < -0.4 is 10.6 Å². The number of aromatic nitrogens is 1. The summed E-state index contributed by atoms with van der Waals surface area (Å²) in [5.41, 5.74) is 5.89. The third-order valence-corrected chi connectivity index (χ3v) is 1.40. The Balaban J connectivity index is 2.89. The molecule has 3 N–H and O–H groups in total. The molecule has 12 heavy (non-hydrogen) atoms. The molecule has 0 aliphatic heterocycles. The van der Waals surface area contributed by atoms with Gasteiger partial charge in [-0.05, 0) is 12.1 Å². The molecular formula is C7H9N3O2. The van der Waals surface area contributed by atoms with Crippen LogP contribution in [0.1, 0.15) is 0 Å². The van der Waals surface area contributed by atoms with Crippen molar-refractivity contribution in [2.45, 2.75) is 0 Å². The number of nitrogen functional groups attached to an aromatic ring is 1. The zero-order chi connectivity index (χ0) is 9.14. The molecule has 0 bridgehead atoms. The zero-order valence-corrected chi connectivity index (χ0v) is 6.56. The maximum Gasteiger partial charge on any atom is 0.412 e. The van der Waals surface area contributed by atoms with Gasteiger partial charge in [-0.15, -0.1) is 0 Å². The van der Waals surface area contributed by atoms with Gasteiger partial charge in [-0.25, -0.2) is 9.78 Å². The van der Waals surface area contributed by atoms with Gasteiger partial charge in [0.2, 0.25) is 0 Å². The summed E-state index contributed by atoms with van der Waals surface area (Å²) in [4.78, 5) is 15.3. The summed E-state index contributed by atoms with van der Waals surface area (Å²) in [6.07, 6.45) is 0.363. The lowest BCUT2D eigenvalue weighted by molar-refractivity contribution is 0.203. The van der Waals surface area contributed by atoms with E-state index in [2.05, 4.69) is 4.98 Å². The molecule has 1 rings (SSSR count). The van der Waals surface area contributed by atoms with Gasteiger partial charge in [-0.3, -0.25) is 4.90 Å². The van der Waals surface area contributed by atoms with Crippen molar-refractivity contribution in [1.82, 2.24) is 4.98 Å². The Morgan fingerprint density at radius 2 is 2.33 bits per heavy atom. The van der Waals surface area contributed by atoms with Gasteiger partial charge < -0.3 is 10.8 Å². The minimum absolute atomic E-state index is 0.358. The van der Waals surface area contributed by atoms with Gasteiger partial charge >= 0.3 is 6.09 Å². The summed E-state index contributed by atoms with van der Waals surface area (Å²) >= 11 is 0. The van der Waals surface area contributed by atoms with Crippen LogP contribution in [0.3, 0.4) is 0 Å². The first-order valence-electron chi connectivity index (χ1n) is 3.29. The SMILES string of the molecule is CN(C(=O)O)c1ccc(N)cn1. The predicted molar refractivity (Wildman–Crippen MR) is 45.1 cm³/mol. The molecule has 0 aliphatic carbocycles. The average molecular weight is 167 g/mol. The van der Waals surface area contributed by atoms with E-state index in [1.807, 2.05) is 0 Å². The van der Waals surface area contributed by atoms with Crippen LogP contribution in [0.4, 0.5) is 16.3 Å². The lowest BCUT2D eigenvalue weighted by Crippen LogP contribution is -2.24. The molecule has 1 aromatic heterocycles. The van der Waals surface area contributed by atoms with Crippen LogP contribution in [0.25, 0.3) is 0 Å². The molecule has 5 nitrogen and oxygen atoms in total. The van der Waals surface area contributed by atoms with E-state index < -0.39 is 6.09 Å². The Morgan fingerprint density at radius 3 is 2.75 bits per heavy atom. The number of nitrogens with two attached hydrogens (primary N) is 1. The molecule has 0 atom stereocenters. The van der Waals surface area contributed by atoms with Crippen molar-refractivity contribution in [3.8, 4) is 0 Å². The quantitative estimate of drug-likeness (QED) is 0.647. The molecule has 5 heteroatoms. The van der Waals surface area contributed by atoms with Crippen LogP contribution in [0.2, 0.25) is 0 Å². The molecule has 64 valence electrons. The van der Waals surface area contributed by atoms with Crippen LogP contribution in [0.5, 0.6) is 0 Å². The number of amides is 1. The summed E-state index contributed by atoms with van der Waals surface area (Å²) in [5, 5.41) is 8.56. The minimum atomic E-state index is -1.05. The molecule has 0 aliphatic rings. The highest BCUT2D eigenvalue weighted by Crippen LogP contribution is 2.09. The van der Waals surface area contributed by atoms with Crippen LogP contribution in [-0.2, 0) is 0 Å². The first kappa shape index (κ1) is 8.32. The van der Waals surface area contributed by atoms with E-state index in [0.717, 1.165) is 4.90 Å². The molecule has 0 saturated heterocycles. The van der Waals surface area contributed by atoms with Crippen molar-refractivity contribution >= 4 is 17.6 Å². The van der Waals surface area contributed by atoms with E-state index in [1.54, 1.807) is 12.1 Å². The van der Waals surface area contributed by atoms with Crippen molar-refractivity contribution in [3.05, 3.63) is 18.3 Å². The lowest BCUT2D eigenvalue weighted by atomic mass is 10.4. The molecule has 0 fully saturated rings. The molecule has 1 amide bonds. The number of nitrogens with zero attached hydrogens (tertiary/aromatic N) is 2. The van der Waals surface area contributed by atoms with E-state index in [4.69, 9.17) is 10.8 Å². The fraction of sp³-hybridized carbons (Fsp3) is 0.143. The number of rotatable bonds is 1. The third kappa shape index (κ3) is 1.63. The Bertz CT molecular complexity index is 283. The van der Waals surface area contributed by atoms with Crippen LogP contribution >= 0.6 is 0 Å². The highest BCUT2D eigenvalue weighted by atomic mass is 16.4. The minimum Gasteiger partial charge on any atom is -0.465 e. The van der Waals surface area contributed by atoms with E-state index in [1.165, 1.54) is 13.2 Å². The largest absolute Gasteiger partial charge is 0.465 e. The summed E-state index contributed by atoms with van der Waals surface area (Å²) in [6.45, 7) is 0. The number of carboxylic acid groups (broad SMARTS) is 1. The second kappa shape index (κ2) is 3.08. The summed E-state index contributed by atoms with van der Waals surface area (Å²) in [7, 11) is 1.42. The highest BCUT2D eigenvalue weighted by molar-refractivity contribution is 5.83. The van der Waals surface area contributed by atoms with Gasteiger partial charge in [-0.1, -0.05) is 0 Å². The van der Waals surface area contributed by atoms with Gasteiger partial charge in [0.25, 0.3) is 0 Å². The van der Waals surface area contributed by atoms with E-state index in [-0.39, 0.29) is 0 Å². The van der Waals surface area contributed by atoms with Crippen LogP contribution in [0.15, 0.2) is 18.3 Å². The van der Waals surface area contributed by atoms with E-state index >= 15 is 0 Å². The van der Waals surface area contributed by atoms with Gasteiger partial charge in [0.15, 0.2) is 0 Å². The molecule has 0 radical (unpaired) electrons. The monoisotopic (exact) mass is 167 g/mol. The van der Waals surface area contributed by atoms with E-state index in [0.29, 0.717) is 11.5 Å². The van der Waals surface area contributed by atoms with Gasteiger partial charge in [0.1, 0.15) is 5.82 Å². The molecular weight excluding hydrogens is 158 g/mol. The lowest BCUT2D eigenvalue weighted by Gasteiger charge is -2.10. The number of hydrogen-bond donors (Lipinski definition) is 2. The van der Waals surface area contributed by atoms with Crippen molar-refractivity contribution in [2.24, 2.45) is 0 Å². The molecule has 1 aromatic rings. The first-order chi connectivity index (χ1) is 5.61. The smallest absolute Gasteiger partial charge is 0.412 e. The fourth-order valence-corrected chi connectivity index (χ4v) is 0.694. The second-order valence-corrected chi connectivity index (χ2v) is 2.29. The summed E-state index contributed by atoms with van der Waals surface area (Å²) in [5.74, 6) is 0.358. The topological polar surface area (TPSA) is 79.5 Å². The molecule has 0 aromatic carbocycles. The Hall–Kier alpha value is -1.78. The van der Waals surface area contributed by atoms with Gasteiger partial charge in [0.05, 0.1) is 11.9 Å². The Labute approximate surface area is 69.4 Å². The fourth-order valence-electron chi connectivity index (χ4n) is 0.694. The number of carbonyl (C=O) groups is 1. The second-order valence-electron chi connectivity index (χ2n) is 2.29. The maximum absolute atomic E-state index is 10.4. The number of hydrogen-bond acceptors (Lipinski definition) is 3. The average Bonchev–Trinajstić information content (AvgIpc) is 2.04. The molecule has 0 spiro atoms. The highest BCUT2D eigenvalue weighted by Gasteiger charge is 2.08. The normalized spacial score (nSPS) is 9.42. The maximum atomic E-state index is 10.4. The van der Waals surface area contributed by atoms with Crippen molar-refractivity contribution < 1.29 is 9.90 Å². The summed E-state index contributed by atoms with van der Waals surface area (Å²) < 4.78 is 0. The molecule has 0 saturated carbocycles. The van der Waals surface area contributed by atoms with E-state index in [9.17, 15) is 4.79 Å². The molecule has 0 unspecified atom stereocenters. The van der Waals surface area contributed by atoms with Crippen LogP contribution in [-0.4, -0.2) is 23.2 Å². The zero-order valence-electron chi connectivity index (χ0n) is 6.56. The van der Waals surface area contributed by atoms with Crippen molar-refractivity contribution in [2.75, 3.05) is 17.7 Å². The third-order valence-electron chi connectivity index (χ3n) is 1.40. The number of anilines is 2. The number of pyridine rings is 1. The predicted octanol–water partition coefficient (Wildman–Crippen LogP) is 0.778. The standard InChI is InChI=1S/C7H9N3O2/c1-10(7(11)12)6-3-2-5(8)4-9-6/h2-4H,8H2,1H3,(H,11,12). The Kier molecular flexibility index (Phi) is 2.14. The van der Waals surface area contributed by atoms with Crippen LogP contribution in [0, 0.1) is 0 Å². The molecule has 1 heterocycles. The summed E-state index contributed by atoms with van der Waals surface area (Å²) in [6, 6.07) is 3.14. The van der Waals surface area contributed by atoms with Crippen molar-refractivity contribution in [3.63, 3.8) is 0 Å². The first-order valence-corrected chi connectivity index (χ1v) is 3.29. The Morgan fingerprint density at radius 1 is 1.67 bits per heavy atom. The van der Waals surface area contributed by atoms with Gasteiger partial charge in [-0.2, -0.15) is 0 Å². The van der Waals surface area contributed by atoms with Gasteiger partial charge in [0, 0.05) is 7.05 Å². The van der Waals surface area contributed by atoms with Crippen molar-refractivity contribution in [1.29, 1.82) is 0 Å².